The molecule has 1 amide bonds. The first-order chi connectivity index (χ1) is 16.5. The van der Waals surface area contributed by atoms with Gasteiger partial charge in [-0.15, -0.1) is 11.8 Å². The maximum Gasteiger partial charge on any atom is 0.255 e. The van der Waals surface area contributed by atoms with Gasteiger partial charge in [0.1, 0.15) is 22.8 Å². The Balaban J connectivity index is 1.73. The predicted octanol–water partition coefficient (Wildman–Crippen LogP) is 0.457. The third kappa shape index (κ3) is 3.11. The van der Waals surface area contributed by atoms with Gasteiger partial charge in [0.15, 0.2) is 11.4 Å². The van der Waals surface area contributed by atoms with Crippen molar-refractivity contribution in [2.45, 2.75) is 24.5 Å². The number of phenolic OH excluding ortho intramolecular Hbond substituents is 1. The summed E-state index contributed by atoms with van der Waals surface area (Å²) < 4.78 is 0. The number of phenols is 1. The number of rotatable bonds is 3. The number of aliphatic hydroxyl groups is 3. The molecule has 0 spiro atoms. The molecule has 1 saturated carbocycles. The van der Waals surface area contributed by atoms with E-state index in [0.29, 0.717) is 12.1 Å². The van der Waals surface area contributed by atoms with Crippen LogP contribution < -0.4 is 5.73 Å². The lowest BCUT2D eigenvalue weighted by Gasteiger charge is -2.50. The normalized spacial score (nSPS) is 30.3. The van der Waals surface area contributed by atoms with Crippen LogP contribution in [0.4, 0.5) is 0 Å². The van der Waals surface area contributed by atoms with Crippen molar-refractivity contribution in [2.75, 3.05) is 26.4 Å². The Kier molecular flexibility index (Phi) is 5.35. The first-order valence-electron chi connectivity index (χ1n) is 11.2. The molecular formula is C24H25N3O7S. The van der Waals surface area contributed by atoms with Gasteiger partial charge in [-0.3, -0.25) is 24.3 Å². The largest absolute Gasteiger partial charge is 0.508 e. The second-order valence-electron chi connectivity index (χ2n) is 9.48. The molecule has 0 radical (unpaired) electrons. The molecule has 10 nitrogen and oxygen atoms in total. The van der Waals surface area contributed by atoms with Crippen LogP contribution in [0.2, 0.25) is 0 Å². The quantitative estimate of drug-likeness (QED) is 0.370. The summed E-state index contributed by atoms with van der Waals surface area (Å²) in [5.74, 6) is -5.76. The molecule has 0 saturated heterocycles. The molecule has 5 rings (SSSR count). The van der Waals surface area contributed by atoms with Crippen molar-refractivity contribution in [3.63, 3.8) is 0 Å². The highest BCUT2D eigenvalue weighted by Gasteiger charge is 2.64. The number of benzene rings is 1. The molecule has 35 heavy (non-hydrogen) atoms. The molecule has 4 atom stereocenters. The molecule has 1 aromatic rings. The molecule has 6 N–H and O–H groups in total. The fourth-order valence-corrected chi connectivity index (χ4v) is 6.85. The first-order valence-corrected chi connectivity index (χ1v) is 12.2. The van der Waals surface area contributed by atoms with E-state index in [1.165, 1.54) is 11.0 Å². The Morgan fingerprint density at radius 3 is 2.54 bits per heavy atom. The van der Waals surface area contributed by atoms with Crippen molar-refractivity contribution in [3.05, 3.63) is 45.7 Å². The minimum atomic E-state index is -2.64. The number of ketones is 2. The van der Waals surface area contributed by atoms with E-state index in [2.05, 4.69) is 4.99 Å². The Labute approximate surface area is 204 Å². The predicted molar refractivity (Wildman–Crippen MR) is 128 cm³/mol. The van der Waals surface area contributed by atoms with Gasteiger partial charge >= 0.3 is 0 Å². The van der Waals surface area contributed by atoms with E-state index < -0.39 is 58.0 Å². The van der Waals surface area contributed by atoms with Gasteiger partial charge in [0.2, 0.25) is 5.78 Å². The number of amides is 1. The number of nitrogens with zero attached hydrogens (tertiary/aromatic N) is 2. The SMILES string of the molecule is CN(C)[C@@H]1C(=O)C(C(N)=O)=C(O)[C@@]2(O)C(=O)C3=C(O)c4c(O)ccc(C5=NCCS5)c4C[C@H]3C[C@@H]12. The maximum absolute atomic E-state index is 13.8. The van der Waals surface area contributed by atoms with E-state index in [1.807, 2.05) is 0 Å². The van der Waals surface area contributed by atoms with E-state index in [1.54, 1.807) is 31.9 Å². The van der Waals surface area contributed by atoms with Crippen molar-refractivity contribution in [1.82, 2.24) is 4.90 Å². The van der Waals surface area contributed by atoms with Gasteiger partial charge in [-0.05, 0) is 50.6 Å². The van der Waals surface area contributed by atoms with Crippen LogP contribution in [0.1, 0.15) is 23.1 Å². The zero-order valence-electron chi connectivity index (χ0n) is 19.1. The molecule has 184 valence electrons. The van der Waals surface area contributed by atoms with Crippen molar-refractivity contribution >= 4 is 40.0 Å². The average molecular weight is 500 g/mol. The number of fused-ring (bicyclic) bond motifs is 3. The summed E-state index contributed by atoms with van der Waals surface area (Å²) in [6.07, 6.45) is 0.304. The van der Waals surface area contributed by atoms with Crippen LogP contribution in [0, 0.1) is 11.8 Å². The smallest absolute Gasteiger partial charge is 0.255 e. The first kappa shape index (κ1) is 23.6. The molecule has 1 heterocycles. The van der Waals surface area contributed by atoms with Crippen LogP contribution in [0.15, 0.2) is 34.0 Å². The second kappa shape index (κ2) is 7.94. The maximum atomic E-state index is 13.8. The van der Waals surface area contributed by atoms with Crippen molar-refractivity contribution in [1.29, 1.82) is 0 Å². The fraction of sp³-hybridized carbons (Fsp3) is 0.417. The second-order valence-corrected chi connectivity index (χ2v) is 10.6. The summed E-state index contributed by atoms with van der Waals surface area (Å²) in [5, 5.41) is 45.1. The highest BCUT2D eigenvalue weighted by atomic mass is 32.2. The Bertz CT molecular complexity index is 1300. The number of aliphatic hydroxyl groups excluding tert-OH is 2. The van der Waals surface area contributed by atoms with Crippen LogP contribution in [0.5, 0.6) is 5.75 Å². The molecular weight excluding hydrogens is 474 g/mol. The van der Waals surface area contributed by atoms with Crippen molar-refractivity contribution < 1.29 is 34.8 Å². The molecule has 0 aromatic heterocycles. The summed E-state index contributed by atoms with van der Waals surface area (Å²) in [6.45, 7) is 0.653. The number of hydrogen-bond donors (Lipinski definition) is 5. The van der Waals surface area contributed by atoms with Crippen LogP contribution in [-0.2, 0) is 20.8 Å². The molecule has 3 aliphatic carbocycles. The van der Waals surface area contributed by atoms with E-state index >= 15 is 0 Å². The lowest BCUT2D eigenvalue weighted by molar-refractivity contribution is -0.153. The van der Waals surface area contributed by atoms with Gasteiger partial charge in [0.05, 0.1) is 16.6 Å². The molecule has 1 aliphatic heterocycles. The number of aromatic hydroxyl groups is 1. The van der Waals surface area contributed by atoms with E-state index in [0.717, 1.165) is 16.4 Å². The summed E-state index contributed by atoms with van der Waals surface area (Å²) in [4.78, 5) is 44.9. The van der Waals surface area contributed by atoms with Crippen LogP contribution in [0.25, 0.3) is 5.76 Å². The third-order valence-electron chi connectivity index (χ3n) is 7.42. The number of primary amides is 1. The van der Waals surface area contributed by atoms with Gasteiger partial charge in [-0.1, -0.05) is 0 Å². The summed E-state index contributed by atoms with van der Waals surface area (Å²) in [6, 6.07) is 2.04. The molecule has 0 bridgehead atoms. The number of thioether (sulfide) groups is 1. The zero-order valence-corrected chi connectivity index (χ0v) is 19.9. The Hall–Kier alpha value is -3.15. The van der Waals surface area contributed by atoms with Crippen LogP contribution in [0.3, 0.4) is 0 Å². The van der Waals surface area contributed by atoms with Crippen molar-refractivity contribution in [2.24, 2.45) is 22.6 Å². The van der Waals surface area contributed by atoms with Gasteiger partial charge in [0, 0.05) is 29.4 Å². The van der Waals surface area contributed by atoms with Gasteiger partial charge in [0.25, 0.3) is 5.91 Å². The fourth-order valence-electron chi connectivity index (χ4n) is 5.94. The molecule has 11 heteroatoms. The Morgan fingerprint density at radius 1 is 1.23 bits per heavy atom. The topological polar surface area (TPSA) is 174 Å². The number of Topliss-reactive ketones (excluding diaryl/α,β-unsaturated/α-hetero) is 2. The van der Waals surface area contributed by atoms with Gasteiger partial charge in [-0.25, -0.2) is 0 Å². The Morgan fingerprint density at radius 2 is 1.94 bits per heavy atom. The van der Waals surface area contributed by atoms with Gasteiger partial charge < -0.3 is 26.2 Å². The summed E-state index contributed by atoms with van der Waals surface area (Å²) in [7, 11) is 3.14. The van der Waals surface area contributed by atoms with E-state index in [4.69, 9.17) is 5.73 Å². The minimum absolute atomic E-state index is 0.0560. The molecule has 1 aromatic carbocycles. The number of aliphatic imine (C=N–C) groups is 1. The third-order valence-corrected chi connectivity index (χ3v) is 8.43. The van der Waals surface area contributed by atoms with Crippen molar-refractivity contribution in [3.8, 4) is 5.75 Å². The number of likely N-dealkylation sites (N-methyl/N-ethyl adjacent to an activating group) is 1. The summed E-state index contributed by atoms with van der Waals surface area (Å²) >= 11 is 1.56. The zero-order chi connectivity index (χ0) is 25.4. The number of nitrogens with two attached hydrogens (primary N) is 1. The highest BCUT2D eigenvalue weighted by molar-refractivity contribution is 8.14. The lowest BCUT2D eigenvalue weighted by atomic mass is 9.57. The highest BCUT2D eigenvalue weighted by Crippen LogP contribution is 2.53. The van der Waals surface area contributed by atoms with Crippen LogP contribution >= 0.6 is 11.8 Å². The number of hydrogen-bond acceptors (Lipinski definition) is 10. The minimum Gasteiger partial charge on any atom is -0.508 e. The average Bonchev–Trinajstić information content (AvgIpc) is 3.30. The molecule has 0 unspecified atom stereocenters. The molecule has 1 fully saturated rings. The number of carbonyl (C=O) groups excluding carboxylic acids is 3. The van der Waals surface area contributed by atoms with Crippen LogP contribution in [-0.4, -0.2) is 85.9 Å². The number of carbonyl (C=O) groups is 3. The van der Waals surface area contributed by atoms with Gasteiger partial charge in [-0.2, -0.15) is 0 Å². The standard InChI is InChI=1S/C24H25N3O7S/c1-27(2)17-12-8-9-7-11-10(23-26-5-6-35-23)3-4-13(28)15(11)18(29)14(9)20(31)24(12,34)21(32)16(19(17)30)22(25)33/h3-4,9,12,17,28-29,32,34H,5-8H2,1-2H3,(H2,25,33)/t9-,12-,17-,24-/m0/s1. The molecule has 4 aliphatic rings. The van der Waals surface area contributed by atoms with E-state index in [9.17, 15) is 34.8 Å². The monoisotopic (exact) mass is 499 g/mol. The van der Waals surface area contributed by atoms with E-state index in [-0.39, 0.29) is 29.7 Å². The summed E-state index contributed by atoms with van der Waals surface area (Å²) in [5.41, 5.74) is 3.16. The lowest BCUT2D eigenvalue weighted by Crippen LogP contribution is -2.65.